The Hall–Kier alpha value is -3.78. The number of ketones is 1. The number of carbonyl (C=O) groups is 2. The number of methoxy groups -OCH3 is 2. The van der Waals surface area contributed by atoms with E-state index in [-0.39, 0.29) is 23.8 Å². The van der Waals surface area contributed by atoms with Gasteiger partial charge in [-0.1, -0.05) is 26.0 Å². The number of amides is 1. The summed E-state index contributed by atoms with van der Waals surface area (Å²) in [5.74, 6) is 0.393. The van der Waals surface area contributed by atoms with Gasteiger partial charge in [-0.05, 0) is 65.7 Å². The Morgan fingerprint density at radius 1 is 1.03 bits per heavy atom. The highest BCUT2D eigenvalue weighted by molar-refractivity contribution is 7.10. The number of likely N-dealkylation sites (tertiary alicyclic amines) is 1. The summed E-state index contributed by atoms with van der Waals surface area (Å²) in [5, 5.41) is 13.3. The molecule has 1 unspecified atom stereocenters. The van der Waals surface area contributed by atoms with Crippen LogP contribution in [0.4, 0.5) is 0 Å². The van der Waals surface area contributed by atoms with Gasteiger partial charge in [-0.3, -0.25) is 9.59 Å². The Morgan fingerprint density at radius 2 is 1.76 bits per heavy atom. The van der Waals surface area contributed by atoms with Crippen LogP contribution < -0.4 is 14.2 Å². The molecule has 0 aliphatic carbocycles. The number of benzene rings is 2. The van der Waals surface area contributed by atoms with Gasteiger partial charge in [-0.25, -0.2) is 0 Å². The standard InChI is InChI=1S/C29H31NO6S/c1-6-36-21-12-10-19(15-20(21)17(2)3)27(31)25-26(24-8-7-13-37-24)30(29(33)28(25)32)16-18-9-11-22(34-4)23(14-18)35-5/h7-15,17,26,31H,6,16H2,1-5H3/b27-25-. The summed E-state index contributed by atoms with van der Waals surface area (Å²) < 4.78 is 16.5. The van der Waals surface area contributed by atoms with Gasteiger partial charge >= 0.3 is 0 Å². The van der Waals surface area contributed by atoms with E-state index < -0.39 is 17.7 Å². The predicted octanol–water partition coefficient (Wildman–Crippen LogP) is 5.91. The molecule has 2 heterocycles. The topological polar surface area (TPSA) is 85.3 Å². The third-order valence-corrected chi connectivity index (χ3v) is 7.28. The molecule has 0 radical (unpaired) electrons. The molecule has 1 amide bonds. The van der Waals surface area contributed by atoms with Gasteiger partial charge in [-0.2, -0.15) is 0 Å². The summed E-state index contributed by atoms with van der Waals surface area (Å²) in [6.07, 6.45) is 0. The summed E-state index contributed by atoms with van der Waals surface area (Å²) in [6, 6.07) is 13.7. The van der Waals surface area contributed by atoms with Crippen LogP contribution in [0.15, 0.2) is 59.5 Å². The molecule has 2 aromatic carbocycles. The molecule has 1 N–H and O–H groups in total. The SMILES string of the molecule is CCOc1ccc(/C(O)=C2/C(=O)C(=O)N(Cc3ccc(OC)c(OC)c3)C2c2cccs2)cc1C(C)C. The molecule has 0 saturated carbocycles. The van der Waals surface area contributed by atoms with Crippen LogP contribution in [0, 0.1) is 0 Å². The molecule has 8 heteroatoms. The lowest BCUT2D eigenvalue weighted by atomic mass is 9.95. The summed E-state index contributed by atoms with van der Waals surface area (Å²) in [7, 11) is 3.10. The van der Waals surface area contributed by atoms with E-state index in [0.717, 1.165) is 21.8 Å². The fraction of sp³-hybridized carbons (Fsp3) is 0.310. The molecule has 194 valence electrons. The maximum absolute atomic E-state index is 13.4. The number of ether oxygens (including phenoxy) is 3. The Morgan fingerprint density at radius 3 is 2.38 bits per heavy atom. The lowest BCUT2D eigenvalue weighted by molar-refractivity contribution is -0.140. The van der Waals surface area contributed by atoms with Gasteiger partial charge in [-0.15, -0.1) is 11.3 Å². The van der Waals surface area contributed by atoms with E-state index in [1.54, 1.807) is 38.5 Å². The van der Waals surface area contributed by atoms with Crippen molar-refractivity contribution in [3.63, 3.8) is 0 Å². The molecular weight excluding hydrogens is 490 g/mol. The van der Waals surface area contributed by atoms with Crippen molar-refractivity contribution in [3.8, 4) is 17.2 Å². The van der Waals surface area contributed by atoms with Crippen molar-refractivity contribution >= 4 is 28.8 Å². The van der Waals surface area contributed by atoms with Crippen LogP contribution in [0.5, 0.6) is 17.2 Å². The zero-order valence-electron chi connectivity index (χ0n) is 21.6. The van der Waals surface area contributed by atoms with E-state index in [4.69, 9.17) is 14.2 Å². The molecule has 7 nitrogen and oxygen atoms in total. The highest BCUT2D eigenvalue weighted by atomic mass is 32.1. The van der Waals surface area contributed by atoms with Gasteiger partial charge < -0.3 is 24.2 Å². The molecule has 1 fully saturated rings. The summed E-state index contributed by atoms with van der Waals surface area (Å²) in [4.78, 5) is 29.0. The second-order valence-electron chi connectivity index (χ2n) is 8.97. The zero-order valence-corrected chi connectivity index (χ0v) is 22.4. The largest absolute Gasteiger partial charge is 0.507 e. The number of hydrogen-bond acceptors (Lipinski definition) is 7. The van der Waals surface area contributed by atoms with Crippen LogP contribution >= 0.6 is 11.3 Å². The quantitative estimate of drug-likeness (QED) is 0.214. The lowest BCUT2D eigenvalue weighted by Gasteiger charge is -2.24. The molecule has 0 spiro atoms. The van der Waals surface area contributed by atoms with Crippen molar-refractivity contribution in [1.29, 1.82) is 0 Å². The molecule has 1 saturated heterocycles. The molecule has 4 rings (SSSR count). The highest BCUT2D eigenvalue weighted by Crippen LogP contribution is 2.43. The average molecular weight is 522 g/mol. The minimum Gasteiger partial charge on any atom is -0.507 e. The van der Waals surface area contributed by atoms with Crippen LogP contribution in [0.25, 0.3) is 5.76 Å². The summed E-state index contributed by atoms with van der Waals surface area (Å²) in [6.45, 7) is 6.67. The van der Waals surface area contributed by atoms with Gasteiger partial charge in [0.15, 0.2) is 11.5 Å². The van der Waals surface area contributed by atoms with Crippen LogP contribution in [-0.4, -0.2) is 42.5 Å². The van der Waals surface area contributed by atoms with Gasteiger partial charge in [0.2, 0.25) is 0 Å². The van der Waals surface area contributed by atoms with Crippen LogP contribution in [0.3, 0.4) is 0 Å². The lowest BCUT2D eigenvalue weighted by Crippen LogP contribution is -2.28. The molecule has 0 bridgehead atoms. The number of thiophene rings is 1. The van der Waals surface area contributed by atoms with Crippen molar-refractivity contribution in [2.45, 2.75) is 39.3 Å². The van der Waals surface area contributed by atoms with E-state index in [2.05, 4.69) is 0 Å². The average Bonchev–Trinajstić information content (AvgIpc) is 3.51. The molecule has 1 aliphatic heterocycles. The van der Waals surface area contributed by atoms with Crippen molar-refractivity contribution in [1.82, 2.24) is 4.90 Å². The first kappa shape index (κ1) is 26.3. The summed E-state index contributed by atoms with van der Waals surface area (Å²) in [5.41, 5.74) is 2.23. The number of hydrogen-bond donors (Lipinski definition) is 1. The van der Waals surface area contributed by atoms with Crippen molar-refractivity contribution in [2.75, 3.05) is 20.8 Å². The Balaban J connectivity index is 1.81. The molecule has 37 heavy (non-hydrogen) atoms. The van der Waals surface area contributed by atoms with Crippen LogP contribution in [0.2, 0.25) is 0 Å². The second-order valence-corrected chi connectivity index (χ2v) is 9.95. The Labute approximate surface area is 220 Å². The monoisotopic (exact) mass is 521 g/mol. The van der Waals surface area contributed by atoms with Gasteiger partial charge in [0.25, 0.3) is 11.7 Å². The number of aliphatic hydroxyl groups is 1. The number of carbonyl (C=O) groups excluding carboxylic acids is 2. The predicted molar refractivity (Wildman–Crippen MR) is 143 cm³/mol. The Kier molecular flexibility index (Phi) is 7.88. The van der Waals surface area contributed by atoms with E-state index in [9.17, 15) is 14.7 Å². The zero-order chi connectivity index (χ0) is 26.7. The van der Waals surface area contributed by atoms with Gasteiger partial charge in [0.05, 0.1) is 32.4 Å². The number of nitrogens with zero attached hydrogens (tertiary/aromatic N) is 1. The third-order valence-electron chi connectivity index (χ3n) is 6.36. The first-order valence-corrected chi connectivity index (χ1v) is 13.0. The normalized spacial score (nSPS) is 16.9. The maximum atomic E-state index is 13.4. The fourth-order valence-corrected chi connectivity index (χ4v) is 5.40. The first-order chi connectivity index (χ1) is 17.8. The highest BCUT2D eigenvalue weighted by Gasteiger charge is 2.46. The molecule has 1 aliphatic rings. The maximum Gasteiger partial charge on any atom is 0.295 e. The molecule has 1 aromatic heterocycles. The number of rotatable bonds is 9. The van der Waals surface area contributed by atoms with Gasteiger partial charge in [0, 0.05) is 17.0 Å². The van der Waals surface area contributed by atoms with E-state index in [0.29, 0.717) is 23.7 Å². The van der Waals surface area contributed by atoms with E-state index >= 15 is 0 Å². The number of aliphatic hydroxyl groups excluding tert-OH is 1. The minimum atomic E-state index is -0.720. The minimum absolute atomic E-state index is 0.0757. The second kappa shape index (κ2) is 11.1. The van der Waals surface area contributed by atoms with Crippen LogP contribution in [0.1, 0.15) is 54.3 Å². The fourth-order valence-electron chi connectivity index (χ4n) is 4.55. The number of Topliss-reactive ketones (excluding diaryl/α,β-unsaturated/α-hetero) is 1. The third kappa shape index (κ3) is 5.06. The van der Waals surface area contributed by atoms with Crippen molar-refractivity contribution < 1.29 is 28.9 Å². The molecular formula is C29H31NO6S. The van der Waals surface area contributed by atoms with Crippen molar-refractivity contribution in [3.05, 3.63) is 81.1 Å². The smallest absolute Gasteiger partial charge is 0.295 e. The molecule has 3 aromatic rings. The van der Waals surface area contributed by atoms with E-state index in [1.807, 2.05) is 50.4 Å². The van der Waals surface area contributed by atoms with Crippen molar-refractivity contribution in [2.24, 2.45) is 0 Å². The van der Waals surface area contributed by atoms with Gasteiger partial charge in [0.1, 0.15) is 11.5 Å². The summed E-state index contributed by atoms with van der Waals surface area (Å²) >= 11 is 1.43. The first-order valence-electron chi connectivity index (χ1n) is 12.1. The van der Waals surface area contributed by atoms with E-state index in [1.165, 1.54) is 16.2 Å². The van der Waals surface area contributed by atoms with Crippen LogP contribution in [-0.2, 0) is 16.1 Å². The Bertz CT molecular complexity index is 1330. The molecule has 1 atom stereocenters.